The third-order valence-corrected chi connectivity index (χ3v) is 3.53. The monoisotopic (exact) mass is 278 g/mol. The van der Waals surface area contributed by atoms with Crippen LogP contribution in [0.4, 0.5) is 0 Å². The Kier molecular flexibility index (Phi) is 2.33. The van der Waals surface area contributed by atoms with Crippen LogP contribution in [0.5, 0.6) is 0 Å². The Morgan fingerprint density at radius 1 is 1.31 bits per heavy atom. The van der Waals surface area contributed by atoms with Crippen LogP contribution in [-0.4, -0.2) is 9.78 Å². The fourth-order valence-electron chi connectivity index (χ4n) is 2.02. The first kappa shape index (κ1) is 10.1. The minimum atomic E-state index is 0.650. The number of fused-ring (bicyclic) bond motifs is 1. The highest BCUT2D eigenvalue weighted by molar-refractivity contribution is 9.10. The molecule has 2 heterocycles. The van der Waals surface area contributed by atoms with Gasteiger partial charge in [0, 0.05) is 10.0 Å². The van der Waals surface area contributed by atoms with Crippen LogP contribution in [-0.2, 0) is 18.0 Å². The second-order valence-electron chi connectivity index (χ2n) is 3.87. The molecule has 0 atom stereocenters. The van der Waals surface area contributed by atoms with E-state index in [0.717, 1.165) is 15.9 Å². The summed E-state index contributed by atoms with van der Waals surface area (Å²) in [5, 5.41) is 4.57. The van der Waals surface area contributed by atoms with E-state index in [-0.39, 0.29) is 0 Å². The predicted molar refractivity (Wildman–Crippen MR) is 64.5 cm³/mol. The lowest BCUT2D eigenvalue weighted by Crippen LogP contribution is -2.02. The van der Waals surface area contributed by atoms with Gasteiger partial charge < -0.3 is 4.74 Å². The van der Waals surface area contributed by atoms with Gasteiger partial charge in [-0.1, -0.05) is 12.1 Å². The quantitative estimate of drug-likeness (QED) is 0.802. The van der Waals surface area contributed by atoms with Gasteiger partial charge in [0.05, 0.1) is 30.3 Å². The Balaban J connectivity index is 2.21. The number of aromatic nitrogens is 2. The first-order chi connectivity index (χ1) is 7.77. The van der Waals surface area contributed by atoms with Crippen molar-refractivity contribution in [3.05, 3.63) is 45.7 Å². The van der Waals surface area contributed by atoms with Crippen LogP contribution in [0, 0.1) is 6.92 Å². The third kappa shape index (κ3) is 1.41. The summed E-state index contributed by atoms with van der Waals surface area (Å²) in [6.07, 6.45) is 0. The first-order valence-corrected chi connectivity index (χ1v) is 5.96. The molecule has 4 heteroatoms. The van der Waals surface area contributed by atoms with Crippen molar-refractivity contribution in [1.29, 1.82) is 0 Å². The maximum Gasteiger partial charge on any atom is 0.0897 e. The lowest BCUT2D eigenvalue weighted by Gasteiger charge is -2.06. The number of benzene rings is 1. The highest BCUT2D eigenvalue weighted by Crippen LogP contribution is 2.28. The molecule has 0 N–H and O–H groups in total. The Hall–Kier alpha value is -1.13. The fourth-order valence-corrected chi connectivity index (χ4v) is 2.47. The molecular formula is C12H11BrN2O. The van der Waals surface area contributed by atoms with Crippen molar-refractivity contribution in [2.75, 3.05) is 0 Å². The van der Waals surface area contributed by atoms with Crippen LogP contribution in [0.1, 0.15) is 17.0 Å². The zero-order valence-electron chi connectivity index (χ0n) is 8.90. The fraction of sp³-hybridized carbons (Fsp3) is 0.250. The van der Waals surface area contributed by atoms with E-state index in [4.69, 9.17) is 4.74 Å². The lowest BCUT2D eigenvalue weighted by molar-refractivity contribution is 0.130. The normalized spacial score (nSPS) is 14.1. The molecule has 0 radical (unpaired) electrons. The highest BCUT2D eigenvalue weighted by atomic mass is 79.9. The molecule has 0 aliphatic carbocycles. The molecule has 1 aliphatic heterocycles. The molecule has 3 nitrogen and oxygen atoms in total. The summed E-state index contributed by atoms with van der Waals surface area (Å²) in [6, 6.07) is 8.09. The van der Waals surface area contributed by atoms with Crippen LogP contribution < -0.4 is 0 Å². The molecule has 0 fully saturated rings. The van der Waals surface area contributed by atoms with E-state index in [9.17, 15) is 0 Å². The Morgan fingerprint density at radius 3 is 2.94 bits per heavy atom. The van der Waals surface area contributed by atoms with Gasteiger partial charge in [-0.15, -0.1) is 0 Å². The van der Waals surface area contributed by atoms with Crippen molar-refractivity contribution in [1.82, 2.24) is 9.78 Å². The second-order valence-corrected chi connectivity index (χ2v) is 4.72. The lowest BCUT2D eigenvalue weighted by atomic mass is 10.2. The molecule has 0 saturated heterocycles. The van der Waals surface area contributed by atoms with Crippen molar-refractivity contribution in [3.8, 4) is 5.69 Å². The van der Waals surface area contributed by atoms with Gasteiger partial charge in [0.25, 0.3) is 0 Å². The summed E-state index contributed by atoms with van der Waals surface area (Å²) in [4.78, 5) is 0. The maximum absolute atomic E-state index is 5.46. The highest BCUT2D eigenvalue weighted by Gasteiger charge is 2.22. The zero-order valence-corrected chi connectivity index (χ0v) is 10.5. The molecule has 0 unspecified atom stereocenters. The summed E-state index contributed by atoms with van der Waals surface area (Å²) in [6.45, 7) is 3.37. The van der Waals surface area contributed by atoms with E-state index in [1.807, 2.05) is 29.8 Å². The van der Waals surface area contributed by atoms with E-state index in [1.54, 1.807) is 0 Å². The van der Waals surface area contributed by atoms with Gasteiger partial charge in [-0.3, -0.25) is 0 Å². The molecule has 0 saturated carbocycles. The number of rotatable bonds is 1. The van der Waals surface area contributed by atoms with Crippen molar-refractivity contribution in [2.24, 2.45) is 0 Å². The van der Waals surface area contributed by atoms with E-state index in [2.05, 4.69) is 27.1 Å². The smallest absolute Gasteiger partial charge is 0.0897 e. The van der Waals surface area contributed by atoms with Gasteiger partial charge in [0.1, 0.15) is 0 Å². The molecule has 0 spiro atoms. The van der Waals surface area contributed by atoms with E-state index < -0.39 is 0 Å². The van der Waals surface area contributed by atoms with Crippen LogP contribution in [0.25, 0.3) is 5.69 Å². The first-order valence-electron chi connectivity index (χ1n) is 5.17. The zero-order chi connectivity index (χ0) is 11.1. The van der Waals surface area contributed by atoms with Crippen molar-refractivity contribution < 1.29 is 4.74 Å². The van der Waals surface area contributed by atoms with E-state index >= 15 is 0 Å². The van der Waals surface area contributed by atoms with Crippen LogP contribution in [0.15, 0.2) is 28.7 Å². The minimum Gasteiger partial charge on any atom is -0.370 e. The molecule has 0 amide bonds. The summed E-state index contributed by atoms with van der Waals surface area (Å²) in [7, 11) is 0. The van der Waals surface area contributed by atoms with Crippen molar-refractivity contribution in [3.63, 3.8) is 0 Å². The Bertz CT molecular complexity index is 548. The molecular weight excluding hydrogens is 268 g/mol. The molecule has 1 aromatic carbocycles. The number of nitrogens with zero attached hydrogens (tertiary/aromatic N) is 2. The van der Waals surface area contributed by atoms with Gasteiger partial charge >= 0.3 is 0 Å². The van der Waals surface area contributed by atoms with Crippen LogP contribution in [0.2, 0.25) is 0 Å². The third-order valence-electron chi connectivity index (χ3n) is 2.86. The predicted octanol–water partition coefficient (Wildman–Crippen LogP) is 2.97. The Morgan fingerprint density at radius 2 is 2.12 bits per heavy atom. The van der Waals surface area contributed by atoms with Gasteiger partial charge in [-0.2, -0.15) is 5.10 Å². The second kappa shape index (κ2) is 3.71. The number of halogens is 1. The molecule has 0 bridgehead atoms. The van der Waals surface area contributed by atoms with Gasteiger partial charge in [-0.25, -0.2) is 4.68 Å². The van der Waals surface area contributed by atoms with E-state index in [1.165, 1.54) is 11.3 Å². The standard InChI is InChI=1S/C12H11BrN2O/c1-8-9-6-16-7-12(9)15(14-8)11-5-3-2-4-10(11)13/h2-5H,6-7H2,1H3. The number of aryl methyl sites for hydroxylation is 1. The maximum atomic E-state index is 5.46. The molecule has 3 rings (SSSR count). The molecule has 2 aromatic rings. The average Bonchev–Trinajstić information content (AvgIpc) is 2.84. The molecule has 1 aliphatic rings. The van der Waals surface area contributed by atoms with Gasteiger partial charge in [-0.05, 0) is 35.0 Å². The molecule has 82 valence electrons. The molecule has 16 heavy (non-hydrogen) atoms. The van der Waals surface area contributed by atoms with Crippen LogP contribution >= 0.6 is 15.9 Å². The van der Waals surface area contributed by atoms with Crippen LogP contribution in [0.3, 0.4) is 0 Å². The summed E-state index contributed by atoms with van der Waals surface area (Å²) >= 11 is 3.55. The summed E-state index contributed by atoms with van der Waals surface area (Å²) in [5.41, 5.74) is 4.53. The topological polar surface area (TPSA) is 27.1 Å². The number of hydrogen-bond acceptors (Lipinski definition) is 2. The summed E-state index contributed by atoms with van der Waals surface area (Å²) < 4.78 is 8.48. The minimum absolute atomic E-state index is 0.650. The number of hydrogen-bond donors (Lipinski definition) is 0. The average molecular weight is 279 g/mol. The largest absolute Gasteiger partial charge is 0.370 e. The van der Waals surface area contributed by atoms with Gasteiger partial charge in [0.2, 0.25) is 0 Å². The Labute approximate surface area is 102 Å². The summed E-state index contributed by atoms with van der Waals surface area (Å²) in [5.74, 6) is 0. The SMILES string of the molecule is Cc1nn(-c2ccccc2Br)c2c1COC2. The van der Waals surface area contributed by atoms with Crippen molar-refractivity contribution in [2.45, 2.75) is 20.1 Å². The number of ether oxygens (including phenoxy) is 1. The number of para-hydroxylation sites is 1. The molecule has 1 aromatic heterocycles. The van der Waals surface area contributed by atoms with Gasteiger partial charge in [0.15, 0.2) is 0 Å². The van der Waals surface area contributed by atoms with E-state index in [0.29, 0.717) is 13.2 Å². The van der Waals surface area contributed by atoms with Crippen molar-refractivity contribution >= 4 is 15.9 Å².